The summed E-state index contributed by atoms with van der Waals surface area (Å²) >= 11 is 0. The van der Waals surface area contributed by atoms with Gasteiger partial charge in [0, 0.05) is 19.3 Å². The number of carbonyl (C=O) groups is 7. The first-order valence-corrected chi connectivity index (χ1v) is 11.4. The molecule has 204 valence electrons. The monoisotopic (exact) mass is 515 g/mol. The topological polar surface area (TPSA) is 280 Å². The minimum atomic E-state index is -1.48. The summed E-state index contributed by atoms with van der Waals surface area (Å²) in [6.07, 6.45) is -0.896. The zero-order chi connectivity index (χ0) is 28.0. The van der Waals surface area contributed by atoms with Gasteiger partial charge >= 0.3 is 5.97 Å². The lowest BCUT2D eigenvalue weighted by Crippen LogP contribution is -2.58. The van der Waals surface area contributed by atoms with Crippen molar-refractivity contribution in [2.45, 2.75) is 83.0 Å². The maximum atomic E-state index is 13.0. The van der Waals surface area contributed by atoms with Crippen molar-refractivity contribution in [3.63, 3.8) is 0 Å². The van der Waals surface area contributed by atoms with Gasteiger partial charge in [-0.1, -0.05) is 20.3 Å². The molecular formula is C21H37N7O8. The molecule has 0 aromatic rings. The Kier molecular flexibility index (Phi) is 14.4. The van der Waals surface area contributed by atoms with Crippen molar-refractivity contribution < 1.29 is 38.7 Å². The van der Waals surface area contributed by atoms with E-state index in [-0.39, 0.29) is 38.5 Å². The lowest BCUT2D eigenvalue weighted by Gasteiger charge is -2.28. The Morgan fingerprint density at radius 2 is 1.14 bits per heavy atom. The first-order chi connectivity index (χ1) is 16.7. The molecule has 15 heteroatoms. The van der Waals surface area contributed by atoms with E-state index in [4.69, 9.17) is 22.9 Å². The molecule has 0 aromatic carbocycles. The van der Waals surface area contributed by atoms with E-state index in [2.05, 4.69) is 16.0 Å². The number of carboxylic acids is 1. The number of nitrogens with two attached hydrogens (primary N) is 4. The van der Waals surface area contributed by atoms with Crippen LogP contribution in [0.15, 0.2) is 0 Å². The molecule has 0 aliphatic rings. The minimum Gasteiger partial charge on any atom is -0.480 e. The first-order valence-electron chi connectivity index (χ1n) is 11.4. The summed E-state index contributed by atoms with van der Waals surface area (Å²) in [7, 11) is 0. The van der Waals surface area contributed by atoms with Gasteiger partial charge in [0.05, 0.1) is 6.04 Å². The number of amides is 6. The fraction of sp³-hybridized carbons (Fsp3) is 0.667. The molecular weight excluding hydrogens is 478 g/mol. The summed E-state index contributed by atoms with van der Waals surface area (Å²) in [6.45, 7) is 3.43. The third-order valence-corrected chi connectivity index (χ3v) is 5.44. The highest BCUT2D eigenvalue weighted by Gasteiger charge is 2.32. The van der Waals surface area contributed by atoms with Crippen molar-refractivity contribution in [1.29, 1.82) is 0 Å². The van der Waals surface area contributed by atoms with Crippen molar-refractivity contribution in [3.05, 3.63) is 0 Å². The molecule has 12 N–H and O–H groups in total. The van der Waals surface area contributed by atoms with Gasteiger partial charge in [-0.2, -0.15) is 0 Å². The summed E-state index contributed by atoms with van der Waals surface area (Å²) in [5.74, 6) is -6.46. The zero-order valence-corrected chi connectivity index (χ0v) is 20.5. The average Bonchev–Trinajstić information content (AvgIpc) is 2.79. The largest absolute Gasteiger partial charge is 0.480 e. The minimum absolute atomic E-state index is 0.0401. The SMILES string of the molecule is CCC(C)C(NC(=O)C(N)CCC(N)=O)C(=O)NC(CCC(N)=O)C(=O)NC(CCC(N)=O)C(=O)O. The number of rotatable bonds is 18. The van der Waals surface area contributed by atoms with Crippen LogP contribution in [0.2, 0.25) is 0 Å². The molecule has 5 unspecified atom stereocenters. The Morgan fingerprint density at radius 1 is 0.694 bits per heavy atom. The fourth-order valence-corrected chi connectivity index (χ4v) is 3.02. The van der Waals surface area contributed by atoms with Crippen molar-refractivity contribution in [1.82, 2.24) is 16.0 Å². The first kappa shape index (κ1) is 32.2. The molecule has 0 aliphatic heterocycles. The van der Waals surface area contributed by atoms with Crippen LogP contribution in [-0.2, 0) is 33.6 Å². The van der Waals surface area contributed by atoms with Crippen molar-refractivity contribution in [2.75, 3.05) is 0 Å². The van der Waals surface area contributed by atoms with Gasteiger partial charge in [0.25, 0.3) is 0 Å². The van der Waals surface area contributed by atoms with E-state index >= 15 is 0 Å². The van der Waals surface area contributed by atoms with Gasteiger partial charge < -0.3 is 44.0 Å². The van der Waals surface area contributed by atoms with Crippen LogP contribution < -0.4 is 38.9 Å². The van der Waals surface area contributed by atoms with Gasteiger partial charge in [0.15, 0.2) is 0 Å². The number of hydrogen-bond acceptors (Lipinski definition) is 8. The van der Waals surface area contributed by atoms with Crippen LogP contribution in [0.5, 0.6) is 0 Å². The highest BCUT2D eigenvalue weighted by molar-refractivity contribution is 5.94. The molecule has 0 radical (unpaired) electrons. The average molecular weight is 516 g/mol. The van der Waals surface area contributed by atoms with E-state index in [9.17, 15) is 38.7 Å². The maximum Gasteiger partial charge on any atom is 0.326 e. The number of carbonyl (C=O) groups excluding carboxylic acids is 6. The van der Waals surface area contributed by atoms with Gasteiger partial charge in [-0.25, -0.2) is 4.79 Å². The fourth-order valence-electron chi connectivity index (χ4n) is 3.02. The Hall–Kier alpha value is -3.75. The number of aliphatic carboxylic acids is 1. The Morgan fingerprint density at radius 3 is 1.58 bits per heavy atom. The molecule has 0 rings (SSSR count). The summed E-state index contributed by atoms with van der Waals surface area (Å²) in [4.78, 5) is 82.9. The van der Waals surface area contributed by atoms with E-state index in [1.54, 1.807) is 13.8 Å². The summed E-state index contributed by atoms with van der Waals surface area (Å²) in [5, 5.41) is 16.4. The second-order valence-corrected chi connectivity index (χ2v) is 8.45. The number of carboxylic acid groups (broad SMARTS) is 1. The van der Waals surface area contributed by atoms with E-state index < -0.39 is 71.5 Å². The molecule has 0 saturated carbocycles. The molecule has 0 aliphatic carbocycles. The number of hydrogen-bond donors (Lipinski definition) is 8. The summed E-state index contributed by atoms with van der Waals surface area (Å²) in [5.41, 5.74) is 21.0. The van der Waals surface area contributed by atoms with Crippen molar-refractivity contribution in [3.8, 4) is 0 Å². The van der Waals surface area contributed by atoms with Crippen LogP contribution in [-0.4, -0.2) is 70.7 Å². The van der Waals surface area contributed by atoms with Crippen LogP contribution >= 0.6 is 0 Å². The standard InChI is InChI=1S/C21H37N7O8/c1-3-10(2)17(28-18(32)11(22)4-7-14(23)29)20(34)26-12(5-8-15(24)30)19(33)27-13(21(35)36)6-9-16(25)31/h10-13,17H,3-9,22H2,1-2H3,(H2,23,29)(H2,24,30)(H2,25,31)(H,26,34)(H,27,33)(H,28,32)(H,35,36). The van der Waals surface area contributed by atoms with Crippen LogP contribution in [0.3, 0.4) is 0 Å². The lowest BCUT2D eigenvalue weighted by molar-refractivity contribution is -0.143. The predicted octanol–water partition coefficient (Wildman–Crippen LogP) is -3.30. The highest BCUT2D eigenvalue weighted by Crippen LogP contribution is 2.11. The quantitative estimate of drug-likeness (QED) is 0.0905. The third kappa shape index (κ3) is 12.6. The molecule has 6 amide bonds. The van der Waals surface area contributed by atoms with Crippen LogP contribution in [0.4, 0.5) is 0 Å². The van der Waals surface area contributed by atoms with Crippen LogP contribution in [0.1, 0.15) is 58.8 Å². The molecule has 36 heavy (non-hydrogen) atoms. The van der Waals surface area contributed by atoms with Gasteiger partial charge in [0.1, 0.15) is 18.1 Å². The van der Waals surface area contributed by atoms with E-state index in [1.165, 1.54) is 0 Å². The smallest absolute Gasteiger partial charge is 0.326 e. The maximum absolute atomic E-state index is 13.0. The Labute approximate surface area is 208 Å². The molecule has 0 aromatic heterocycles. The second-order valence-electron chi connectivity index (χ2n) is 8.45. The molecule has 0 spiro atoms. The van der Waals surface area contributed by atoms with Gasteiger partial charge in [-0.15, -0.1) is 0 Å². The van der Waals surface area contributed by atoms with Crippen LogP contribution in [0.25, 0.3) is 0 Å². The molecule has 5 atom stereocenters. The van der Waals surface area contributed by atoms with Crippen molar-refractivity contribution in [2.24, 2.45) is 28.9 Å². The van der Waals surface area contributed by atoms with Crippen LogP contribution in [0, 0.1) is 5.92 Å². The predicted molar refractivity (Wildman–Crippen MR) is 126 cm³/mol. The lowest BCUT2D eigenvalue weighted by atomic mass is 9.96. The van der Waals surface area contributed by atoms with Gasteiger partial charge in [-0.05, 0) is 25.2 Å². The number of primary amides is 3. The van der Waals surface area contributed by atoms with E-state index in [0.717, 1.165) is 0 Å². The normalized spacial score (nSPS) is 14.9. The Balaban J connectivity index is 5.61. The van der Waals surface area contributed by atoms with Crippen molar-refractivity contribution >= 4 is 41.4 Å². The third-order valence-electron chi connectivity index (χ3n) is 5.44. The van der Waals surface area contributed by atoms with Gasteiger partial charge in [0.2, 0.25) is 35.4 Å². The van der Waals surface area contributed by atoms with E-state index in [1.807, 2.05) is 0 Å². The molecule has 0 heterocycles. The zero-order valence-electron chi connectivity index (χ0n) is 20.5. The summed E-state index contributed by atoms with van der Waals surface area (Å²) < 4.78 is 0. The molecule has 0 bridgehead atoms. The molecule has 0 saturated heterocycles. The Bertz CT molecular complexity index is 835. The second kappa shape index (κ2) is 16.0. The summed E-state index contributed by atoms with van der Waals surface area (Å²) in [6, 6.07) is -5.12. The highest BCUT2D eigenvalue weighted by atomic mass is 16.4. The van der Waals surface area contributed by atoms with Gasteiger partial charge in [-0.3, -0.25) is 28.8 Å². The number of nitrogens with one attached hydrogen (secondary N) is 3. The van der Waals surface area contributed by atoms with E-state index in [0.29, 0.717) is 6.42 Å². The molecule has 15 nitrogen and oxygen atoms in total. The molecule has 0 fully saturated rings.